The molecular formula is C20H23N3O3S. The predicted octanol–water partition coefficient (Wildman–Crippen LogP) is 4.09. The normalized spacial score (nSPS) is 14.2. The van der Waals surface area contributed by atoms with E-state index in [0.29, 0.717) is 29.3 Å². The first kappa shape index (κ1) is 19.1. The number of rotatable bonds is 6. The first-order valence-corrected chi connectivity index (χ1v) is 9.68. The summed E-state index contributed by atoms with van der Waals surface area (Å²) in [6.45, 7) is 7.03. The summed E-state index contributed by atoms with van der Waals surface area (Å²) in [7, 11) is 0. The zero-order valence-electron chi connectivity index (χ0n) is 15.7. The molecule has 7 heteroatoms. The number of esters is 1. The number of nitrogens with zero attached hydrogens (tertiary/aromatic N) is 2. The van der Waals surface area contributed by atoms with Gasteiger partial charge in [0.1, 0.15) is 16.6 Å². The van der Waals surface area contributed by atoms with Gasteiger partial charge in [0.2, 0.25) is 0 Å². The Morgan fingerprint density at radius 2 is 2.04 bits per heavy atom. The summed E-state index contributed by atoms with van der Waals surface area (Å²) < 4.78 is 5.13. The minimum Gasteiger partial charge on any atom is -0.510 e. The van der Waals surface area contributed by atoms with E-state index in [2.05, 4.69) is 4.98 Å². The Morgan fingerprint density at radius 3 is 2.63 bits per heavy atom. The van der Waals surface area contributed by atoms with Crippen LogP contribution in [-0.4, -0.2) is 39.9 Å². The van der Waals surface area contributed by atoms with Crippen LogP contribution in [0.4, 0.5) is 0 Å². The van der Waals surface area contributed by atoms with E-state index in [-0.39, 0.29) is 24.1 Å². The third-order valence-corrected chi connectivity index (χ3v) is 5.52. The van der Waals surface area contributed by atoms with Gasteiger partial charge in [0.25, 0.3) is 0 Å². The zero-order valence-corrected chi connectivity index (χ0v) is 16.5. The quantitative estimate of drug-likeness (QED) is 0.732. The van der Waals surface area contributed by atoms with Crippen molar-refractivity contribution in [2.24, 2.45) is 0 Å². The molecule has 1 aliphatic heterocycles. The molecule has 142 valence electrons. The second-order valence-corrected chi connectivity index (χ2v) is 7.72. The van der Waals surface area contributed by atoms with E-state index in [4.69, 9.17) is 10.1 Å². The molecule has 0 amide bonds. The summed E-state index contributed by atoms with van der Waals surface area (Å²) >= 11 is 1.49. The Labute approximate surface area is 162 Å². The van der Waals surface area contributed by atoms with Crippen LogP contribution in [-0.2, 0) is 11.3 Å². The van der Waals surface area contributed by atoms with Crippen molar-refractivity contribution < 1.29 is 14.6 Å². The Hall–Kier alpha value is -2.67. The van der Waals surface area contributed by atoms with Gasteiger partial charge in [-0.3, -0.25) is 5.41 Å². The number of carbonyl (C=O) groups is 1. The highest BCUT2D eigenvalue weighted by atomic mass is 32.1. The molecule has 0 saturated carbocycles. The Kier molecular flexibility index (Phi) is 5.60. The lowest BCUT2D eigenvalue weighted by molar-refractivity contribution is 0.0505. The second-order valence-electron chi connectivity index (χ2n) is 6.52. The molecule has 1 aromatic carbocycles. The third-order valence-electron chi connectivity index (χ3n) is 4.42. The molecule has 0 bridgehead atoms. The first-order valence-electron chi connectivity index (χ1n) is 8.87. The fourth-order valence-corrected chi connectivity index (χ4v) is 3.80. The highest BCUT2D eigenvalue weighted by Crippen LogP contribution is 2.32. The van der Waals surface area contributed by atoms with E-state index in [1.165, 1.54) is 11.3 Å². The van der Waals surface area contributed by atoms with Crippen LogP contribution in [0.2, 0.25) is 0 Å². The smallest absolute Gasteiger partial charge is 0.338 e. The van der Waals surface area contributed by atoms with Crippen molar-refractivity contribution in [3.05, 3.63) is 56.7 Å². The maximum Gasteiger partial charge on any atom is 0.338 e. The van der Waals surface area contributed by atoms with Gasteiger partial charge in [0.15, 0.2) is 0 Å². The molecule has 2 N–H and O–H groups in total. The van der Waals surface area contributed by atoms with Gasteiger partial charge in [0.05, 0.1) is 30.0 Å². The van der Waals surface area contributed by atoms with Crippen molar-refractivity contribution in [3.8, 4) is 0 Å². The maximum atomic E-state index is 11.9. The number of amidine groups is 1. The molecule has 1 aromatic heterocycles. The lowest BCUT2D eigenvalue weighted by Crippen LogP contribution is -2.26. The molecule has 0 spiro atoms. The summed E-state index contributed by atoms with van der Waals surface area (Å²) in [5.41, 5.74) is 2.90. The van der Waals surface area contributed by atoms with Gasteiger partial charge in [-0.25, -0.2) is 9.78 Å². The third kappa shape index (κ3) is 4.03. The number of carbonyl (C=O) groups excluding carboxylic acids is 1. The minimum atomic E-state index is -0.326. The summed E-state index contributed by atoms with van der Waals surface area (Å²) in [6.07, 6.45) is 0.790. The second kappa shape index (κ2) is 7.92. The molecule has 2 aromatic rings. The van der Waals surface area contributed by atoms with Gasteiger partial charge in [-0.15, -0.1) is 11.3 Å². The standard InChI is InChI=1S/C20H23N3O3S/c1-4-9-26-20(25)15-7-5-14(6-8-15)10-23-11-16(24)17(18(23)21)19-22-12(2)13(3)27-19/h5-8,21,24H,4,9-11H2,1-3H3. The number of hydrogen-bond acceptors (Lipinski definition) is 6. The van der Waals surface area contributed by atoms with Gasteiger partial charge >= 0.3 is 5.97 Å². The number of aliphatic hydroxyl groups excluding tert-OH is 1. The van der Waals surface area contributed by atoms with E-state index in [1.54, 1.807) is 17.0 Å². The van der Waals surface area contributed by atoms with Crippen molar-refractivity contribution in [2.75, 3.05) is 13.2 Å². The highest BCUT2D eigenvalue weighted by molar-refractivity contribution is 7.13. The van der Waals surface area contributed by atoms with Crippen molar-refractivity contribution >= 4 is 28.7 Å². The van der Waals surface area contributed by atoms with Gasteiger partial charge in [-0.05, 0) is 38.0 Å². The molecule has 27 heavy (non-hydrogen) atoms. The van der Waals surface area contributed by atoms with Crippen molar-refractivity contribution in [2.45, 2.75) is 33.7 Å². The first-order chi connectivity index (χ1) is 12.9. The maximum absolute atomic E-state index is 11.9. The van der Waals surface area contributed by atoms with E-state index < -0.39 is 0 Å². The fourth-order valence-electron chi connectivity index (χ4n) is 2.82. The summed E-state index contributed by atoms with van der Waals surface area (Å²) in [5, 5.41) is 19.5. The van der Waals surface area contributed by atoms with E-state index in [1.807, 2.05) is 32.9 Å². The molecule has 3 rings (SSSR count). The molecule has 0 atom stereocenters. The van der Waals surface area contributed by atoms with E-state index in [0.717, 1.165) is 22.6 Å². The Morgan fingerprint density at radius 1 is 1.33 bits per heavy atom. The molecule has 0 radical (unpaired) electrons. The predicted molar refractivity (Wildman–Crippen MR) is 106 cm³/mol. The van der Waals surface area contributed by atoms with Crippen LogP contribution >= 0.6 is 11.3 Å². The van der Waals surface area contributed by atoms with Crippen LogP contribution < -0.4 is 0 Å². The Balaban J connectivity index is 1.69. The van der Waals surface area contributed by atoms with Crippen LogP contribution in [0.3, 0.4) is 0 Å². The van der Waals surface area contributed by atoms with Crippen molar-refractivity contribution in [1.82, 2.24) is 9.88 Å². The minimum absolute atomic E-state index is 0.175. The van der Waals surface area contributed by atoms with Crippen LogP contribution in [0, 0.1) is 19.3 Å². The number of ether oxygens (including phenoxy) is 1. The molecule has 0 saturated heterocycles. The van der Waals surface area contributed by atoms with Crippen LogP contribution in [0.15, 0.2) is 30.0 Å². The number of aromatic nitrogens is 1. The van der Waals surface area contributed by atoms with Crippen molar-refractivity contribution in [1.29, 1.82) is 5.41 Å². The number of aryl methyl sites for hydroxylation is 2. The monoisotopic (exact) mass is 385 g/mol. The molecule has 6 nitrogen and oxygen atoms in total. The molecule has 0 unspecified atom stereocenters. The SMILES string of the molecule is CCCOC(=O)c1ccc(CN2CC(O)=C(c3nc(C)c(C)s3)C2=N)cc1. The summed E-state index contributed by atoms with van der Waals surface area (Å²) in [5.74, 6) is 0.120. The highest BCUT2D eigenvalue weighted by Gasteiger charge is 2.30. The van der Waals surface area contributed by atoms with Crippen LogP contribution in [0.25, 0.3) is 5.57 Å². The van der Waals surface area contributed by atoms with Crippen molar-refractivity contribution in [3.63, 3.8) is 0 Å². The molecule has 1 aliphatic rings. The summed E-state index contributed by atoms with van der Waals surface area (Å²) in [6, 6.07) is 7.16. The number of aliphatic hydroxyl groups is 1. The number of nitrogens with one attached hydrogen (secondary N) is 1. The zero-order chi connectivity index (χ0) is 19.6. The molecule has 0 aliphatic carbocycles. The number of benzene rings is 1. The average molecular weight is 385 g/mol. The van der Waals surface area contributed by atoms with Crippen LogP contribution in [0.5, 0.6) is 0 Å². The summed E-state index contributed by atoms with van der Waals surface area (Å²) in [4.78, 5) is 19.2. The number of thiazole rings is 1. The molecule has 2 heterocycles. The van der Waals surface area contributed by atoms with E-state index in [9.17, 15) is 9.90 Å². The van der Waals surface area contributed by atoms with Gasteiger partial charge in [-0.1, -0.05) is 19.1 Å². The fraction of sp³-hybridized carbons (Fsp3) is 0.350. The Bertz CT molecular complexity index is 880. The lowest BCUT2D eigenvalue weighted by Gasteiger charge is -2.18. The lowest BCUT2D eigenvalue weighted by atomic mass is 10.1. The average Bonchev–Trinajstić information content (AvgIpc) is 3.11. The number of hydrogen-bond donors (Lipinski definition) is 2. The van der Waals surface area contributed by atoms with E-state index >= 15 is 0 Å². The van der Waals surface area contributed by atoms with Gasteiger partial charge in [0, 0.05) is 11.4 Å². The molecular weight excluding hydrogens is 362 g/mol. The van der Waals surface area contributed by atoms with Gasteiger partial charge in [-0.2, -0.15) is 0 Å². The van der Waals surface area contributed by atoms with Crippen LogP contribution in [0.1, 0.15) is 44.8 Å². The van der Waals surface area contributed by atoms with Gasteiger partial charge < -0.3 is 14.7 Å². The topological polar surface area (TPSA) is 86.5 Å². The largest absolute Gasteiger partial charge is 0.510 e. The molecule has 0 fully saturated rings.